The van der Waals surface area contributed by atoms with Crippen molar-refractivity contribution >= 4 is 5.91 Å². The minimum absolute atomic E-state index is 0.0367. The molecular formula is C21H22FNO2. The molecule has 130 valence electrons. The van der Waals surface area contributed by atoms with Crippen LogP contribution in [-0.4, -0.2) is 36.1 Å². The maximum absolute atomic E-state index is 13.9. The van der Waals surface area contributed by atoms with Crippen molar-refractivity contribution in [1.82, 2.24) is 4.90 Å². The Morgan fingerprint density at radius 1 is 1.04 bits per heavy atom. The van der Waals surface area contributed by atoms with Crippen LogP contribution in [0.1, 0.15) is 36.0 Å². The van der Waals surface area contributed by atoms with Crippen LogP contribution in [0.2, 0.25) is 0 Å². The molecule has 0 unspecified atom stereocenters. The molecule has 1 spiro atoms. The molecule has 2 aliphatic rings. The first-order valence-corrected chi connectivity index (χ1v) is 8.95. The monoisotopic (exact) mass is 339 g/mol. The van der Waals surface area contributed by atoms with E-state index < -0.39 is 0 Å². The predicted molar refractivity (Wildman–Crippen MR) is 94.9 cm³/mol. The lowest BCUT2D eigenvalue weighted by Gasteiger charge is -2.40. The van der Waals surface area contributed by atoms with E-state index >= 15 is 0 Å². The first-order chi connectivity index (χ1) is 12.2. The molecule has 3 nitrogen and oxygen atoms in total. The van der Waals surface area contributed by atoms with Gasteiger partial charge >= 0.3 is 0 Å². The number of nitrogens with zero attached hydrogens (tertiary/aromatic N) is 1. The number of halogens is 1. The molecule has 2 aromatic carbocycles. The van der Waals surface area contributed by atoms with Crippen LogP contribution in [0.25, 0.3) is 11.1 Å². The minimum atomic E-state index is -0.252. The summed E-state index contributed by atoms with van der Waals surface area (Å²) in [5, 5.41) is 0. The Kier molecular flexibility index (Phi) is 4.30. The number of carbonyl (C=O) groups excluding carboxylic acids is 1. The van der Waals surface area contributed by atoms with E-state index in [0.717, 1.165) is 18.4 Å². The van der Waals surface area contributed by atoms with E-state index in [4.69, 9.17) is 4.74 Å². The average Bonchev–Trinajstić information content (AvgIpc) is 3.09. The van der Waals surface area contributed by atoms with E-state index in [1.54, 1.807) is 24.3 Å². The topological polar surface area (TPSA) is 29.5 Å². The molecule has 2 aromatic rings. The van der Waals surface area contributed by atoms with Gasteiger partial charge in [0.15, 0.2) is 0 Å². The Balaban J connectivity index is 1.52. The summed E-state index contributed by atoms with van der Waals surface area (Å²) in [6, 6.07) is 13.9. The summed E-state index contributed by atoms with van der Waals surface area (Å²) >= 11 is 0. The molecule has 1 aliphatic heterocycles. The van der Waals surface area contributed by atoms with Gasteiger partial charge in [0, 0.05) is 17.7 Å². The van der Waals surface area contributed by atoms with Crippen molar-refractivity contribution < 1.29 is 13.9 Å². The van der Waals surface area contributed by atoms with Gasteiger partial charge in [-0.2, -0.15) is 0 Å². The van der Waals surface area contributed by atoms with E-state index in [9.17, 15) is 9.18 Å². The lowest BCUT2D eigenvalue weighted by atomic mass is 9.98. The second-order valence-electron chi connectivity index (χ2n) is 7.02. The number of benzene rings is 2. The molecule has 1 aliphatic carbocycles. The molecule has 1 saturated carbocycles. The Bertz CT molecular complexity index is 766. The third kappa shape index (κ3) is 3.19. The highest BCUT2D eigenvalue weighted by Gasteiger charge is 2.40. The van der Waals surface area contributed by atoms with Crippen LogP contribution in [0.15, 0.2) is 48.5 Å². The molecule has 0 bridgehead atoms. The highest BCUT2D eigenvalue weighted by Crippen LogP contribution is 2.36. The molecule has 4 rings (SSSR count). The molecular weight excluding hydrogens is 317 g/mol. The number of rotatable bonds is 2. The van der Waals surface area contributed by atoms with Crippen molar-refractivity contribution in [3.63, 3.8) is 0 Å². The van der Waals surface area contributed by atoms with Gasteiger partial charge in [-0.15, -0.1) is 0 Å². The van der Waals surface area contributed by atoms with Crippen molar-refractivity contribution in [1.29, 1.82) is 0 Å². The summed E-state index contributed by atoms with van der Waals surface area (Å²) in [5.41, 5.74) is 1.86. The summed E-state index contributed by atoms with van der Waals surface area (Å²) in [5.74, 6) is -0.215. The van der Waals surface area contributed by atoms with Crippen molar-refractivity contribution in [3.8, 4) is 11.1 Å². The Hall–Kier alpha value is -2.20. The van der Waals surface area contributed by atoms with Crippen molar-refractivity contribution in [2.24, 2.45) is 0 Å². The van der Waals surface area contributed by atoms with Gasteiger partial charge < -0.3 is 9.64 Å². The van der Waals surface area contributed by atoms with E-state index in [-0.39, 0.29) is 17.3 Å². The highest BCUT2D eigenvalue weighted by atomic mass is 19.1. The summed E-state index contributed by atoms with van der Waals surface area (Å²) in [4.78, 5) is 14.8. The molecule has 1 saturated heterocycles. The number of hydrogen-bond donors (Lipinski definition) is 0. The molecule has 25 heavy (non-hydrogen) atoms. The minimum Gasteiger partial charge on any atom is -0.371 e. The van der Waals surface area contributed by atoms with E-state index in [0.29, 0.717) is 30.8 Å². The average molecular weight is 339 g/mol. The summed E-state index contributed by atoms with van der Waals surface area (Å²) in [6.07, 6.45) is 4.45. The van der Waals surface area contributed by atoms with Gasteiger partial charge in [0.25, 0.3) is 5.91 Å². The number of carbonyl (C=O) groups is 1. The fourth-order valence-electron chi connectivity index (χ4n) is 4.01. The fourth-order valence-corrected chi connectivity index (χ4v) is 4.01. The first kappa shape index (κ1) is 16.3. The van der Waals surface area contributed by atoms with E-state index in [1.807, 2.05) is 23.1 Å². The SMILES string of the molecule is O=C(c1ccc(-c2ccccc2F)cc1)N1CCOC2(CCCC2)C1. The zero-order chi connectivity index (χ0) is 17.3. The Labute approximate surface area is 147 Å². The predicted octanol–water partition coefficient (Wildman–Crippen LogP) is 4.28. The number of morpholine rings is 1. The van der Waals surface area contributed by atoms with Gasteiger partial charge in [-0.1, -0.05) is 43.2 Å². The third-order valence-corrected chi connectivity index (χ3v) is 5.37. The lowest BCUT2D eigenvalue weighted by Crippen LogP contribution is -2.52. The van der Waals surface area contributed by atoms with Crippen LogP contribution in [0.5, 0.6) is 0 Å². The second kappa shape index (κ2) is 6.60. The maximum atomic E-state index is 13.9. The quantitative estimate of drug-likeness (QED) is 0.817. The molecule has 1 amide bonds. The number of hydrogen-bond acceptors (Lipinski definition) is 2. The van der Waals surface area contributed by atoms with Crippen LogP contribution in [0, 0.1) is 5.82 Å². The highest BCUT2D eigenvalue weighted by molar-refractivity contribution is 5.94. The van der Waals surface area contributed by atoms with Gasteiger partial charge in [0.05, 0.1) is 18.8 Å². The zero-order valence-electron chi connectivity index (χ0n) is 14.2. The van der Waals surface area contributed by atoms with Crippen LogP contribution in [0.3, 0.4) is 0 Å². The van der Waals surface area contributed by atoms with E-state index in [1.165, 1.54) is 18.9 Å². The number of ether oxygens (including phenoxy) is 1. The van der Waals surface area contributed by atoms with Gasteiger partial charge in [-0.3, -0.25) is 4.79 Å². The van der Waals surface area contributed by atoms with E-state index in [2.05, 4.69) is 0 Å². The van der Waals surface area contributed by atoms with Crippen LogP contribution in [0.4, 0.5) is 4.39 Å². The maximum Gasteiger partial charge on any atom is 0.254 e. The Morgan fingerprint density at radius 3 is 2.48 bits per heavy atom. The summed E-state index contributed by atoms with van der Waals surface area (Å²) in [7, 11) is 0. The molecule has 0 N–H and O–H groups in total. The molecule has 0 atom stereocenters. The van der Waals surface area contributed by atoms with Crippen molar-refractivity contribution in [2.45, 2.75) is 31.3 Å². The van der Waals surface area contributed by atoms with Gasteiger partial charge in [-0.05, 0) is 36.6 Å². The zero-order valence-corrected chi connectivity index (χ0v) is 14.2. The van der Waals surface area contributed by atoms with Crippen LogP contribution >= 0.6 is 0 Å². The summed E-state index contributed by atoms with van der Waals surface area (Å²) in [6.45, 7) is 1.93. The fraction of sp³-hybridized carbons (Fsp3) is 0.381. The summed E-state index contributed by atoms with van der Waals surface area (Å²) < 4.78 is 19.9. The smallest absolute Gasteiger partial charge is 0.254 e. The largest absolute Gasteiger partial charge is 0.371 e. The van der Waals surface area contributed by atoms with Gasteiger partial charge in [-0.25, -0.2) is 4.39 Å². The normalized spacial score (nSPS) is 19.3. The van der Waals surface area contributed by atoms with Crippen LogP contribution < -0.4 is 0 Å². The molecule has 1 heterocycles. The van der Waals surface area contributed by atoms with Crippen molar-refractivity contribution in [3.05, 3.63) is 59.9 Å². The molecule has 2 fully saturated rings. The number of amides is 1. The van der Waals surface area contributed by atoms with Crippen LogP contribution in [-0.2, 0) is 4.74 Å². The molecule has 4 heteroatoms. The van der Waals surface area contributed by atoms with Gasteiger partial charge in [0.1, 0.15) is 5.82 Å². The lowest BCUT2D eigenvalue weighted by molar-refractivity contribution is -0.0948. The molecule has 0 radical (unpaired) electrons. The Morgan fingerprint density at radius 2 is 1.76 bits per heavy atom. The third-order valence-electron chi connectivity index (χ3n) is 5.37. The van der Waals surface area contributed by atoms with Gasteiger partial charge in [0.2, 0.25) is 0 Å². The standard InChI is InChI=1S/C21H22FNO2/c22-19-6-2-1-5-18(19)16-7-9-17(10-8-16)20(24)23-13-14-25-21(15-23)11-3-4-12-21/h1-2,5-10H,3-4,11-15H2. The molecule has 0 aromatic heterocycles. The first-order valence-electron chi connectivity index (χ1n) is 8.95. The van der Waals surface area contributed by atoms with Crippen molar-refractivity contribution in [2.75, 3.05) is 19.7 Å². The second-order valence-corrected chi connectivity index (χ2v) is 7.02.